The van der Waals surface area contributed by atoms with E-state index in [1.165, 1.54) is 0 Å². The van der Waals surface area contributed by atoms with Gasteiger partial charge in [0.1, 0.15) is 0 Å². The topological polar surface area (TPSA) is 41.3 Å². The molecule has 98 valence electrons. The summed E-state index contributed by atoms with van der Waals surface area (Å²) in [5.41, 5.74) is 2.72. The monoisotopic (exact) mass is 247 g/mol. The van der Waals surface area contributed by atoms with Gasteiger partial charge in [0.25, 0.3) is 6.43 Å². The zero-order valence-corrected chi connectivity index (χ0v) is 10.5. The number of alkyl halides is 2. The van der Waals surface area contributed by atoms with Crippen LogP contribution >= 0.6 is 0 Å². The minimum absolute atomic E-state index is 0.0221. The van der Waals surface area contributed by atoms with Gasteiger partial charge in [-0.3, -0.25) is 9.58 Å². The van der Waals surface area contributed by atoms with Crippen LogP contribution in [0.1, 0.15) is 17.0 Å². The first kappa shape index (κ1) is 14.1. The van der Waals surface area contributed by atoms with E-state index in [9.17, 15) is 8.78 Å². The van der Waals surface area contributed by atoms with E-state index in [4.69, 9.17) is 5.11 Å². The number of aryl methyl sites for hydroxylation is 1. The van der Waals surface area contributed by atoms with E-state index in [1.807, 2.05) is 13.8 Å². The van der Waals surface area contributed by atoms with Gasteiger partial charge >= 0.3 is 0 Å². The summed E-state index contributed by atoms with van der Waals surface area (Å²) >= 11 is 0. The highest BCUT2D eigenvalue weighted by Crippen LogP contribution is 2.15. The third-order valence-corrected chi connectivity index (χ3v) is 2.72. The first-order valence-electron chi connectivity index (χ1n) is 5.56. The Hall–Kier alpha value is -1.01. The summed E-state index contributed by atoms with van der Waals surface area (Å²) < 4.78 is 26.1. The summed E-state index contributed by atoms with van der Waals surface area (Å²) in [6, 6.07) is 0. The van der Waals surface area contributed by atoms with Crippen molar-refractivity contribution < 1.29 is 13.9 Å². The number of nitrogens with zero attached hydrogens (tertiary/aromatic N) is 3. The molecule has 0 unspecified atom stereocenters. The maximum absolute atomic E-state index is 12.2. The molecule has 1 rings (SSSR count). The normalized spacial score (nSPS) is 11.8. The number of halogens is 2. The van der Waals surface area contributed by atoms with E-state index < -0.39 is 6.43 Å². The van der Waals surface area contributed by atoms with Crippen LogP contribution in [-0.4, -0.2) is 46.4 Å². The molecule has 0 atom stereocenters. The minimum Gasteiger partial charge on any atom is -0.394 e. The summed E-state index contributed by atoms with van der Waals surface area (Å²) in [6.45, 7) is 4.41. The van der Waals surface area contributed by atoms with E-state index in [-0.39, 0.29) is 13.2 Å². The molecule has 0 aromatic carbocycles. The number of rotatable bonds is 6. The first-order valence-corrected chi connectivity index (χ1v) is 5.56. The first-order chi connectivity index (χ1) is 7.95. The summed E-state index contributed by atoms with van der Waals surface area (Å²) in [4.78, 5) is 1.57. The fourth-order valence-corrected chi connectivity index (χ4v) is 1.85. The van der Waals surface area contributed by atoms with Crippen molar-refractivity contribution >= 4 is 0 Å². The molecule has 6 heteroatoms. The zero-order valence-electron chi connectivity index (χ0n) is 10.5. The maximum atomic E-state index is 12.2. The fraction of sp³-hybridized carbons (Fsp3) is 0.727. The molecule has 1 heterocycles. The van der Waals surface area contributed by atoms with Gasteiger partial charge in [0, 0.05) is 17.8 Å². The Bertz CT molecular complexity index is 366. The molecular weight excluding hydrogens is 228 g/mol. The second-order valence-electron chi connectivity index (χ2n) is 4.18. The zero-order chi connectivity index (χ0) is 13.0. The highest BCUT2D eigenvalue weighted by atomic mass is 19.3. The Kier molecular flexibility index (Phi) is 5.02. The average molecular weight is 247 g/mol. The minimum atomic E-state index is -2.33. The Morgan fingerprint density at radius 2 is 2.06 bits per heavy atom. The molecular formula is C11H19F2N3O. The molecule has 0 saturated heterocycles. The Labute approximate surface area is 99.8 Å². The van der Waals surface area contributed by atoms with Crippen LogP contribution in [0.3, 0.4) is 0 Å². The van der Waals surface area contributed by atoms with E-state index in [1.54, 1.807) is 16.6 Å². The van der Waals surface area contributed by atoms with Crippen LogP contribution < -0.4 is 0 Å². The second kappa shape index (κ2) is 6.07. The van der Waals surface area contributed by atoms with Gasteiger partial charge in [0.05, 0.1) is 25.4 Å². The number of aromatic nitrogens is 2. The largest absolute Gasteiger partial charge is 0.394 e. The van der Waals surface area contributed by atoms with E-state index in [0.29, 0.717) is 13.1 Å². The van der Waals surface area contributed by atoms with Crippen molar-refractivity contribution in [3.8, 4) is 0 Å². The van der Waals surface area contributed by atoms with Crippen LogP contribution in [0.4, 0.5) is 8.78 Å². The van der Waals surface area contributed by atoms with Crippen molar-refractivity contribution in [2.45, 2.75) is 33.4 Å². The highest BCUT2D eigenvalue weighted by molar-refractivity contribution is 5.24. The quantitative estimate of drug-likeness (QED) is 0.821. The molecule has 0 aliphatic heterocycles. The van der Waals surface area contributed by atoms with Gasteiger partial charge < -0.3 is 5.11 Å². The van der Waals surface area contributed by atoms with Gasteiger partial charge in [-0.1, -0.05) is 0 Å². The second-order valence-corrected chi connectivity index (χ2v) is 4.18. The molecule has 0 aliphatic rings. The van der Waals surface area contributed by atoms with Crippen molar-refractivity contribution in [2.24, 2.45) is 0 Å². The smallest absolute Gasteiger partial charge is 0.251 e. The number of hydrogen-bond donors (Lipinski definition) is 1. The predicted octanol–water partition coefficient (Wildman–Crippen LogP) is 1.19. The van der Waals surface area contributed by atoms with Gasteiger partial charge in [0.2, 0.25) is 0 Å². The van der Waals surface area contributed by atoms with Crippen LogP contribution in [0.25, 0.3) is 0 Å². The average Bonchev–Trinajstić information content (AvgIpc) is 2.45. The lowest BCUT2D eigenvalue weighted by Gasteiger charge is -2.16. The standard InChI is InChI=1S/C11H19F2N3O/c1-8-10(6-15(3)7-11(12)13)9(2)16(14-8)4-5-17/h11,17H,4-7H2,1-3H3. The molecule has 0 saturated carbocycles. The maximum Gasteiger partial charge on any atom is 0.251 e. The molecule has 4 nitrogen and oxygen atoms in total. The van der Waals surface area contributed by atoms with Gasteiger partial charge in [-0.05, 0) is 20.9 Å². The number of hydrogen-bond acceptors (Lipinski definition) is 3. The molecule has 0 amide bonds. The lowest BCUT2D eigenvalue weighted by atomic mass is 10.2. The molecule has 0 aliphatic carbocycles. The van der Waals surface area contributed by atoms with Gasteiger partial charge in [-0.2, -0.15) is 5.10 Å². The van der Waals surface area contributed by atoms with Crippen LogP contribution in [0, 0.1) is 13.8 Å². The van der Waals surface area contributed by atoms with Crippen molar-refractivity contribution in [3.05, 3.63) is 17.0 Å². The SMILES string of the molecule is Cc1nn(CCO)c(C)c1CN(C)CC(F)F. The molecule has 1 aromatic heterocycles. The highest BCUT2D eigenvalue weighted by Gasteiger charge is 2.15. The summed E-state index contributed by atoms with van der Waals surface area (Å²) in [7, 11) is 1.66. The third-order valence-electron chi connectivity index (χ3n) is 2.72. The number of aliphatic hydroxyl groups excluding tert-OH is 1. The summed E-state index contributed by atoms with van der Waals surface area (Å²) in [5.74, 6) is 0. The number of aliphatic hydroxyl groups is 1. The molecule has 0 fully saturated rings. The van der Waals surface area contributed by atoms with Crippen LogP contribution in [0.5, 0.6) is 0 Å². The molecule has 0 radical (unpaired) electrons. The van der Waals surface area contributed by atoms with Crippen molar-refractivity contribution in [2.75, 3.05) is 20.2 Å². The molecule has 0 bridgehead atoms. The van der Waals surface area contributed by atoms with Gasteiger partial charge in [-0.15, -0.1) is 0 Å². The van der Waals surface area contributed by atoms with Crippen LogP contribution in [0.2, 0.25) is 0 Å². The predicted molar refractivity (Wildman–Crippen MR) is 61.1 cm³/mol. The Balaban J connectivity index is 2.76. The Morgan fingerprint density at radius 1 is 1.41 bits per heavy atom. The summed E-state index contributed by atoms with van der Waals surface area (Å²) in [5, 5.41) is 13.1. The summed E-state index contributed by atoms with van der Waals surface area (Å²) in [6.07, 6.45) is -2.33. The van der Waals surface area contributed by atoms with E-state index in [2.05, 4.69) is 5.10 Å². The lowest BCUT2D eigenvalue weighted by Crippen LogP contribution is -2.24. The van der Waals surface area contributed by atoms with Crippen molar-refractivity contribution in [3.63, 3.8) is 0 Å². The van der Waals surface area contributed by atoms with Gasteiger partial charge in [-0.25, -0.2) is 8.78 Å². The third kappa shape index (κ3) is 3.74. The molecule has 1 N–H and O–H groups in total. The Morgan fingerprint density at radius 3 is 2.59 bits per heavy atom. The van der Waals surface area contributed by atoms with Crippen LogP contribution in [-0.2, 0) is 13.1 Å². The van der Waals surface area contributed by atoms with E-state index >= 15 is 0 Å². The fourth-order valence-electron chi connectivity index (χ4n) is 1.85. The van der Waals surface area contributed by atoms with Gasteiger partial charge in [0.15, 0.2) is 0 Å². The molecule has 1 aromatic rings. The lowest BCUT2D eigenvalue weighted by molar-refractivity contribution is 0.0974. The van der Waals surface area contributed by atoms with E-state index in [0.717, 1.165) is 17.0 Å². The van der Waals surface area contributed by atoms with Crippen LogP contribution in [0.15, 0.2) is 0 Å². The molecule has 0 spiro atoms. The van der Waals surface area contributed by atoms with Crippen molar-refractivity contribution in [1.82, 2.24) is 14.7 Å². The molecule has 17 heavy (non-hydrogen) atoms. The van der Waals surface area contributed by atoms with Crippen molar-refractivity contribution in [1.29, 1.82) is 0 Å².